The molecule has 4 nitrogen and oxygen atoms in total. The molecule has 2 aromatic heterocycles. The average molecular weight is 199 g/mol. The van der Waals surface area contributed by atoms with Crippen LogP contribution in [-0.4, -0.2) is 14.5 Å². The van der Waals surface area contributed by atoms with Crippen LogP contribution in [0.25, 0.3) is 21.9 Å². The summed E-state index contributed by atoms with van der Waals surface area (Å²) in [7, 11) is 1.75. The van der Waals surface area contributed by atoms with Crippen molar-refractivity contribution in [1.82, 2.24) is 14.5 Å². The lowest BCUT2D eigenvalue weighted by molar-refractivity contribution is 0.891. The SMILES string of the molecule is Cn1c(=O)[nH]c2c3ncccc3ccc21. The van der Waals surface area contributed by atoms with Crippen LogP contribution in [0.4, 0.5) is 0 Å². The van der Waals surface area contributed by atoms with E-state index < -0.39 is 0 Å². The van der Waals surface area contributed by atoms with E-state index in [0.29, 0.717) is 0 Å². The molecule has 0 saturated carbocycles. The molecular formula is C11H9N3O. The maximum Gasteiger partial charge on any atom is 0.326 e. The molecule has 0 aliphatic heterocycles. The highest BCUT2D eigenvalue weighted by atomic mass is 16.1. The van der Waals surface area contributed by atoms with Gasteiger partial charge in [0.1, 0.15) is 0 Å². The van der Waals surface area contributed by atoms with Crippen molar-refractivity contribution < 1.29 is 0 Å². The summed E-state index contributed by atoms with van der Waals surface area (Å²) >= 11 is 0. The van der Waals surface area contributed by atoms with E-state index in [1.165, 1.54) is 0 Å². The number of nitrogens with zero attached hydrogens (tertiary/aromatic N) is 2. The van der Waals surface area contributed by atoms with E-state index in [-0.39, 0.29) is 5.69 Å². The van der Waals surface area contributed by atoms with Gasteiger partial charge in [-0.05, 0) is 12.1 Å². The monoisotopic (exact) mass is 199 g/mol. The number of hydrogen-bond acceptors (Lipinski definition) is 2. The molecular weight excluding hydrogens is 190 g/mol. The fourth-order valence-corrected chi connectivity index (χ4v) is 1.84. The molecule has 2 heterocycles. The number of aryl methyl sites for hydroxylation is 1. The predicted molar refractivity (Wildman–Crippen MR) is 58.8 cm³/mol. The van der Waals surface area contributed by atoms with E-state index in [4.69, 9.17) is 0 Å². The maximum absolute atomic E-state index is 11.5. The van der Waals surface area contributed by atoms with Crippen LogP contribution in [0.1, 0.15) is 0 Å². The van der Waals surface area contributed by atoms with Crippen molar-refractivity contribution in [3.05, 3.63) is 40.9 Å². The van der Waals surface area contributed by atoms with E-state index in [9.17, 15) is 4.79 Å². The summed E-state index contributed by atoms with van der Waals surface area (Å²) in [6.45, 7) is 0. The Morgan fingerprint density at radius 2 is 2.20 bits per heavy atom. The second-order valence-electron chi connectivity index (χ2n) is 3.52. The summed E-state index contributed by atoms with van der Waals surface area (Å²) in [5, 5.41) is 1.03. The van der Waals surface area contributed by atoms with Crippen LogP contribution >= 0.6 is 0 Å². The van der Waals surface area contributed by atoms with Crippen molar-refractivity contribution in [3.8, 4) is 0 Å². The third-order valence-corrected chi connectivity index (χ3v) is 2.65. The number of hydrogen-bond donors (Lipinski definition) is 1. The smallest absolute Gasteiger partial charge is 0.304 e. The van der Waals surface area contributed by atoms with Crippen molar-refractivity contribution in [3.63, 3.8) is 0 Å². The van der Waals surface area contributed by atoms with Crippen LogP contribution in [0, 0.1) is 0 Å². The minimum Gasteiger partial charge on any atom is -0.304 e. The highest BCUT2D eigenvalue weighted by Crippen LogP contribution is 2.19. The number of nitrogens with one attached hydrogen (secondary N) is 1. The Labute approximate surface area is 85.2 Å². The van der Waals surface area contributed by atoms with Gasteiger partial charge in [0, 0.05) is 18.6 Å². The van der Waals surface area contributed by atoms with Crippen molar-refractivity contribution in [2.24, 2.45) is 7.05 Å². The van der Waals surface area contributed by atoms with Gasteiger partial charge < -0.3 is 4.98 Å². The van der Waals surface area contributed by atoms with Gasteiger partial charge in [-0.25, -0.2) is 4.79 Å². The fraction of sp³-hybridized carbons (Fsp3) is 0.0909. The summed E-state index contributed by atoms with van der Waals surface area (Å²) in [4.78, 5) is 18.6. The first-order valence-corrected chi connectivity index (χ1v) is 4.70. The van der Waals surface area contributed by atoms with Gasteiger partial charge in [0.2, 0.25) is 0 Å². The van der Waals surface area contributed by atoms with E-state index in [0.717, 1.165) is 21.9 Å². The highest BCUT2D eigenvalue weighted by Gasteiger charge is 2.06. The van der Waals surface area contributed by atoms with E-state index in [2.05, 4.69) is 9.97 Å². The second-order valence-corrected chi connectivity index (χ2v) is 3.52. The molecule has 3 rings (SSSR count). The normalized spacial score (nSPS) is 11.3. The van der Waals surface area contributed by atoms with E-state index in [1.807, 2.05) is 24.3 Å². The number of aromatic amines is 1. The van der Waals surface area contributed by atoms with Crippen molar-refractivity contribution in [2.75, 3.05) is 0 Å². The van der Waals surface area contributed by atoms with Crippen molar-refractivity contribution in [2.45, 2.75) is 0 Å². The van der Waals surface area contributed by atoms with Crippen molar-refractivity contribution >= 4 is 21.9 Å². The molecule has 0 saturated heterocycles. The van der Waals surface area contributed by atoms with Gasteiger partial charge in [-0.2, -0.15) is 0 Å². The summed E-state index contributed by atoms with van der Waals surface area (Å²) in [6, 6.07) is 7.76. The quantitative estimate of drug-likeness (QED) is 0.595. The summed E-state index contributed by atoms with van der Waals surface area (Å²) in [5.41, 5.74) is 2.42. The van der Waals surface area contributed by atoms with Gasteiger partial charge in [0.15, 0.2) is 0 Å². The Morgan fingerprint density at radius 1 is 1.33 bits per heavy atom. The molecule has 0 aliphatic carbocycles. The average Bonchev–Trinajstić information content (AvgIpc) is 2.56. The lowest BCUT2D eigenvalue weighted by Crippen LogP contribution is -2.11. The molecule has 0 atom stereocenters. The fourth-order valence-electron chi connectivity index (χ4n) is 1.84. The van der Waals surface area contributed by atoms with E-state index in [1.54, 1.807) is 17.8 Å². The van der Waals surface area contributed by atoms with Gasteiger partial charge in [0.05, 0.1) is 16.6 Å². The lowest BCUT2D eigenvalue weighted by Gasteiger charge is -1.98. The molecule has 74 valence electrons. The molecule has 3 aromatic rings. The first-order chi connectivity index (χ1) is 7.27. The Kier molecular flexibility index (Phi) is 1.48. The van der Waals surface area contributed by atoms with Crippen LogP contribution in [0.5, 0.6) is 0 Å². The third-order valence-electron chi connectivity index (χ3n) is 2.65. The zero-order valence-electron chi connectivity index (χ0n) is 8.19. The van der Waals surface area contributed by atoms with Gasteiger partial charge in [0.25, 0.3) is 0 Å². The molecule has 0 amide bonds. The molecule has 0 unspecified atom stereocenters. The highest BCUT2D eigenvalue weighted by molar-refractivity contribution is 6.01. The number of pyridine rings is 1. The van der Waals surface area contributed by atoms with Crippen LogP contribution in [-0.2, 0) is 7.05 Å². The van der Waals surface area contributed by atoms with Gasteiger partial charge in [-0.3, -0.25) is 9.55 Å². The number of rotatable bonds is 0. The van der Waals surface area contributed by atoms with Gasteiger partial charge in [-0.1, -0.05) is 12.1 Å². The first-order valence-electron chi connectivity index (χ1n) is 4.70. The number of imidazole rings is 1. The van der Waals surface area contributed by atoms with Crippen LogP contribution in [0.15, 0.2) is 35.3 Å². The lowest BCUT2D eigenvalue weighted by atomic mass is 10.2. The molecule has 0 radical (unpaired) electrons. The minimum absolute atomic E-state index is 0.108. The van der Waals surface area contributed by atoms with E-state index >= 15 is 0 Å². The molecule has 1 aromatic carbocycles. The Balaban J connectivity index is 2.66. The standard InChI is InChI=1S/C11H9N3O/c1-14-8-5-4-7-3-2-6-12-9(7)10(8)13-11(14)15/h2-6H,1H3,(H,13,15). The molecule has 4 heteroatoms. The Morgan fingerprint density at radius 3 is 3.07 bits per heavy atom. The van der Waals surface area contributed by atoms with Gasteiger partial charge in [-0.15, -0.1) is 0 Å². The second kappa shape index (κ2) is 2.70. The summed E-state index contributed by atoms with van der Waals surface area (Å²) in [6.07, 6.45) is 1.73. The third kappa shape index (κ3) is 1.01. The zero-order chi connectivity index (χ0) is 10.4. The molecule has 0 spiro atoms. The number of aromatic nitrogens is 3. The number of fused-ring (bicyclic) bond motifs is 3. The maximum atomic E-state index is 11.5. The summed E-state index contributed by atoms with van der Waals surface area (Å²) in [5.74, 6) is 0. The number of benzene rings is 1. The van der Waals surface area contributed by atoms with Crippen LogP contribution in [0.3, 0.4) is 0 Å². The minimum atomic E-state index is -0.108. The van der Waals surface area contributed by atoms with Crippen LogP contribution < -0.4 is 5.69 Å². The Hall–Kier alpha value is -2.10. The summed E-state index contributed by atoms with van der Waals surface area (Å²) < 4.78 is 1.59. The topological polar surface area (TPSA) is 50.7 Å². The number of H-pyrrole nitrogens is 1. The van der Waals surface area contributed by atoms with Crippen molar-refractivity contribution in [1.29, 1.82) is 0 Å². The molecule has 0 fully saturated rings. The first kappa shape index (κ1) is 8.23. The largest absolute Gasteiger partial charge is 0.326 e. The Bertz CT molecular complexity index is 708. The zero-order valence-corrected chi connectivity index (χ0v) is 8.19. The van der Waals surface area contributed by atoms with Crippen LogP contribution in [0.2, 0.25) is 0 Å². The molecule has 0 bridgehead atoms. The molecule has 15 heavy (non-hydrogen) atoms. The molecule has 0 aliphatic rings. The van der Waals surface area contributed by atoms with Gasteiger partial charge >= 0.3 is 5.69 Å². The predicted octanol–water partition coefficient (Wildman–Crippen LogP) is 1.41. The molecule has 1 N–H and O–H groups in total.